The molecule has 230 valence electrons. The van der Waals surface area contributed by atoms with E-state index >= 15 is 0 Å². The molecule has 0 saturated carbocycles. The summed E-state index contributed by atoms with van der Waals surface area (Å²) in [5, 5.41) is 2.99. The summed E-state index contributed by atoms with van der Waals surface area (Å²) >= 11 is 7.63. The number of esters is 1. The van der Waals surface area contributed by atoms with E-state index < -0.39 is 29.2 Å². The molecular weight excluding hydrogens is 613 g/mol. The number of halogens is 4. The first-order valence-electron chi connectivity index (χ1n) is 14.1. The van der Waals surface area contributed by atoms with Gasteiger partial charge in [0, 0.05) is 53.0 Å². The summed E-state index contributed by atoms with van der Waals surface area (Å²) in [6.07, 6.45) is -4.04. The summed E-state index contributed by atoms with van der Waals surface area (Å²) in [5.41, 5.74) is -0.794. The van der Waals surface area contributed by atoms with Crippen molar-refractivity contribution in [1.29, 1.82) is 0 Å². The monoisotopic (exact) mass is 642 g/mol. The first kappa shape index (κ1) is 31.5. The van der Waals surface area contributed by atoms with Gasteiger partial charge in [-0.25, -0.2) is 0 Å². The number of hydrogen-bond donors (Lipinski definition) is 0. The molecule has 1 atom stereocenters. The number of thiophene rings is 1. The first-order valence-corrected chi connectivity index (χ1v) is 15.3. The molecular formula is C33H30ClF3N2O4S. The highest BCUT2D eigenvalue weighted by Gasteiger charge is 2.55. The normalized spacial score (nSPS) is 16.4. The molecule has 4 aromatic rings. The van der Waals surface area contributed by atoms with Crippen molar-refractivity contribution in [3.05, 3.63) is 105 Å². The summed E-state index contributed by atoms with van der Waals surface area (Å²) in [6.45, 7) is 0.559. The molecule has 0 aliphatic carbocycles. The topological polar surface area (TPSA) is 66.9 Å². The van der Waals surface area contributed by atoms with E-state index in [1.54, 1.807) is 34.5 Å². The highest BCUT2D eigenvalue weighted by atomic mass is 35.5. The molecule has 2 amide bonds. The van der Waals surface area contributed by atoms with Gasteiger partial charge in [0.15, 0.2) is 0 Å². The fourth-order valence-electron chi connectivity index (χ4n) is 5.67. The Labute approximate surface area is 262 Å². The molecule has 2 heterocycles. The van der Waals surface area contributed by atoms with Crippen LogP contribution in [-0.2, 0) is 33.5 Å². The minimum Gasteiger partial charge on any atom is -0.469 e. The van der Waals surface area contributed by atoms with Crippen LogP contribution in [0.5, 0.6) is 0 Å². The third-order valence-corrected chi connectivity index (χ3v) is 9.16. The second-order valence-electron chi connectivity index (χ2n) is 10.8. The maximum absolute atomic E-state index is 14.7. The molecule has 1 saturated heterocycles. The van der Waals surface area contributed by atoms with Crippen molar-refractivity contribution in [2.75, 3.05) is 20.2 Å². The maximum atomic E-state index is 14.7. The Kier molecular flexibility index (Phi) is 9.31. The van der Waals surface area contributed by atoms with Gasteiger partial charge in [-0.15, -0.1) is 11.3 Å². The summed E-state index contributed by atoms with van der Waals surface area (Å²) in [4.78, 5) is 43.7. The number of amides is 2. The van der Waals surface area contributed by atoms with Crippen LogP contribution in [-0.4, -0.2) is 53.3 Å². The highest BCUT2D eigenvalue weighted by molar-refractivity contribution is 7.17. The van der Waals surface area contributed by atoms with E-state index in [4.69, 9.17) is 16.3 Å². The van der Waals surface area contributed by atoms with Gasteiger partial charge in [0.2, 0.25) is 5.91 Å². The number of hydrogen-bond acceptors (Lipinski definition) is 5. The van der Waals surface area contributed by atoms with Crippen LogP contribution in [0.1, 0.15) is 46.3 Å². The number of rotatable bonds is 10. The molecule has 0 bridgehead atoms. The van der Waals surface area contributed by atoms with Gasteiger partial charge in [-0.05, 0) is 48.2 Å². The summed E-state index contributed by atoms with van der Waals surface area (Å²) in [6, 6.07) is 19.3. The van der Waals surface area contributed by atoms with Crippen molar-refractivity contribution in [2.45, 2.75) is 43.9 Å². The van der Waals surface area contributed by atoms with Crippen molar-refractivity contribution < 1.29 is 32.3 Å². The number of ether oxygens (including phenoxy) is 1. The molecule has 6 nitrogen and oxygen atoms in total. The zero-order valence-corrected chi connectivity index (χ0v) is 25.5. The van der Waals surface area contributed by atoms with Crippen LogP contribution < -0.4 is 0 Å². The zero-order valence-electron chi connectivity index (χ0n) is 23.9. The summed E-state index contributed by atoms with van der Waals surface area (Å²) < 4.78 is 46.6. The van der Waals surface area contributed by atoms with Gasteiger partial charge in [0.25, 0.3) is 5.91 Å². The second kappa shape index (κ2) is 13.0. The Morgan fingerprint density at radius 1 is 1.02 bits per heavy atom. The van der Waals surface area contributed by atoms with Gasteiger partial charge in [-0.2, -0.15) is 13.2 Å². The standard InChI is InChI=1S/C33H30ClF3N2O4S/c1-43-29(40)13-6-15-38(20-23-8-5-10-25(34)18-23)31(42)32(19-22-7-4-9-24(17-22)33(35,36)37)14-16-39(32)30(41)27-21-44-28-12-3-2-11-26(27)28/h2-5,7-12,17-18,21H,6,13-16,19-20H2,1H3. The highest BCUT2D eigenvalue weighted by Crippen LogP contribution is 2.40. The van der Waals surface area contributed by atoms with Crippen molar-refractivity contribution in [3.8, 4) is 0 Å². The molecule has 3 aromatic carbocycles. The van der Waals surface area contributed by atoms with Gasteiger partial charge in [-0.3, -0.25) is 14.4 Å². The molecule has 1 aromatic heterocycles. The second-order valence-corrected chi connectivity index (χ2v) is 12.1. The van der Waals surface area contributed by atoms with E-state index in [0.717, 1.165) is 27.8 Å². The van der Waals surface area contributed by atoms with Crippen LogP contribution in [0, 0.1) is 0 Å². The maximum Gasteiger partial charge on any atom is 0.416 e. The van der Waals surface area contributed by atoms with Crippen molar-refractivity contribution in [3.63, 3.8) is 0 Å². The first-order chi connectivity index (χ1) is 21.0. The Morgan fingerprint density at radius 3 is 2.48 bits per heavy atom. The van der Waals surface area contributed by atoms with E-state index in [-0.39, 0.29) is 50.4 Å². The predicted octanol–water partition coefficient (Wildman–Crippen LogP) is 7.38. The van der Waals surface area contributed by atoms with E-state index in [1.165, 1.54) is 29.4 Å². The number of benzene rings is 3. The van der Waals surface area contributed by atoms with E-state index in [2.05, 4.69) is 0 Å². The number of fused-ring (bicyclic) bond motifs is 1. The average molecular weight is 643 g/mol. The molecule has 44 heavy (non-hydrogen) atoms. The summed E-state index contributed by atoms with van der Waals surface area (Å²) in [5.74, 6) is -1.19. The Balaban J connectivity index is 1.54. The number of nitrogens with zero attached hydrogens (tertiary/aromatic N) is 2. The molecule has 1 aliphatic heterocycles. The zero-order chi connectivity index (χ0) is 31.5. The largest absolute Gasteiger partial charge is 0.469 e. The molecule has 1 fully saturated rings. The minimum atomic E-state index is -4.57. The van der Waals surface area contributed by atoms with E-state index in [1.807, 2.05) is 30.3 Å². The summed E-state index contributed by atoms with van der Waals surface area (Å²) in [7, 11) is 1.28. The number of carbonyl (C=O) groups excluding carboxylic acids is 3. The lowest BCUT2D eigenvalue weighted by Gasteiger charge is -2.53. The van der Waals surface area contributed by atoms with E-state index in [0.29, 0.717) is 17.0 Å². The lowest BCUT2D eigenvalue weighted by Crippen LogP contribution is -2.70. The number of methoxy groups -OCH3 is 1. The molecule has 1 unspecified atom stereocenters. The predicted molar refractivity (Wildman–Crippen MR) is 163 cm³/mol. The minimum absolute atomic E-state index is 0.0694. The van der Waals surface area contributed by atoms with Crippen molar-refractivity contribution >= 4 is 50.8 Å². The van der Waals surface area contributed by atoms with Crippen LogP contribution in [0.4, 0.5) is 13.2 Å². The average Bonchev–Trinajstić information content (AvgIpc) is 3.42. The van der Waals surface area contributed by atoms with Crippen LogP contribution >= 0.6 is 22.9 Å². The third kappa shape index (κ3) is 6.61. The molecule has 0 radical (unpaired) electrons. The van der Waals surface area contributed by atoms with Crippen LogP contribution in [0.3, 0.4) is 0 Å². The SMILES string of the molecule is COC(=O)CCCN(Cc1cccc(Cl)c1)C(=O)C1(Cc2cccc(C(F)(F)F)c2)CCN1C(=O)c1csc2ccccc12. The number of likely N-dealkylation sites (tertiary alicyclic amines) is 1. The molecule has 5 rings (SSSR count). The van der Waals surface area contributed by atoms with E-state index in [9.17, 15) is 27.6 Å². The Morgan fingerprint density at radius 2 is 1.77 bits per heavy atom. The van der Waals surface area contributed by atoms with Gasteiger partial charge < -0.3 is 14.5 Å². The fraction of sp³-hybridized carbons (Fsp3) is 0.303. The Bertz CT molecular complexity index is 1690. The lowest BCUT2D eigenvalue weighted by atomic mass is 9.76. The van der Waals surface area contributed by atoms with Gasteiger partial charge >= 0.3 is 12.1 Å². The van der Waals surface area contributed by atoms with Gasteiger partial charge in [-0.1, -0.05) is 60.1 Å². The van der Waals surface area contributed by atoms with Gasteiger partial charge in [0.05, 0.1) is 18.2 Å². The number of carbonyl (C=O) groups is 3. The van der Waals surface area contributed by atoms with Crippen molar-refractivity contribution in [1.82, 2.24) is 9.80 Å². The molecule has 11 heteroatoms. The van der Waals surface area contributed by atoms with Gasteiger partial charge in [0.1, 0.15) is 5.54 Å². The molecule has 0 N–H and O–H groups in total. The third-order valence-electron chi connectivity index (χ3n) is 7.96. The quantitative estimate of drug-likeness (QED) is 0.169. The lowest BCUT2D eigenvalue weighted by molar-refractivity contribution is -0.152. The molecule has 1 aliphatic rings. The van der Waals surface area contributed by atoms with Crippen LogP contribution in [0.25, 0.3) is 10.1 Å². The van der Waals surface area contributed by atoms with Crippen LogP contribution in [0.2, 0.25) is 5.02 Å². The molecule has 0 spiro atoms. The van der Waals surface area contributed by atoms with Crippen LogP contribution in [0.15, 0.2) is 78.2 Å². The smallest absolute Gasteiger partial charge is 0.416 e. The number of alkyl halides is 3. The Hall–Kier alpha value is -3.89. The fourth-order valence-corrected chi connectivity index (χ4v) is 6.82. The van der Waals surface area contributed by atoms with Crippen molar-refractivity contribution in [2.24, 2.45) is 0 Å².